The number of nitrogens with zero attached hydrogens (tertiary/aromatic N) is 2. The predicted octanol–water partition coefficient (Wildman–Crippen LogP) is 1.05. The zero-order valence-corrected chi connectivity index (χ0v) is 7.02. The van der Waals surface area contributed by atoms with Gasteiger partial charge in [0.05, 0.1) is 5.69 Å². The van der Waals surface area contributed by atoms with Crippen LogP contribution >= 0.6 is 0 Å². The molecule has 2 rings (SSSR count). The first kappa shape index (κ1) is 6.85. The van der Waals surface area contributed by atoms with E-state index in [0.29, 0.717) is 0 Å². The van der Waals surface area contributed by atoms with Crippen molar-refractivity contribution in [3.8, 4) is 0 Å². The topological polar surface area (TPSA) is 31.9 Å². The minimum atomic E-state index is 1.02. The Morgan fingerprint density at radius 2 is 2.36 bits per heavy atom. The largest absolute Gasteiger partial charge is 0.293 e. The summed E-state index contributed by atoms with van der Waals surface area (Å²) in [5.74, 6) is 0. The van der Waals surface area contributed by atoms with Crippen LogP contribution in [0, 0.1) is 6.92 Å². The first-order valence-electron chi connectivity index (χ1n) is 4.06. The van der Waals surface area contributed by atoms with Crippen LogP contribution < -0.4 is 0 Å². The number of aryl methyl sites for hydroxylation is 1. The summed E-state index contributed by atoms with van der Waals surface area (Å²) in [6.45, 7) is 7.50. The van der Waals surface area contributed by atoms with Crippen LogP contribution in [-0.2, 0) is 13.1 Å². The van der Waals surface area contributed by atoms with Gasteiger partial charge < -0.3 is 0 Å². The number of fused-ring (bicyclic) bond motifs is 1. The molecule has 0 aliphatic carbocycles. The van der Waals surface area contributed by atoms with Gasteiger partial charge in [-0.1, -0.05) is 6.92 Å². The average molecular weight is 151 g/mol. The summed E-state index contributed by atoms with van der Waals surface area (Å²) in [4.78, 5) is 2.39. The summed E-state index contributed by atoms with van der Waals surface area (Å²) in [5.41, 5.74) is 3.88. The number of aromatic nitrogens is 2. The van der Waals surface area contributed by atoms with Gasteiger partial charge in [-0.15, -0.1) is 0 Å². The molecule has 0 saturated carbocycles. The molecule has 1 aromatic rings. The quantitative estimate of drug-likeness (QED) is 0.650. The van der Waals surface area contributed by atoms with Crippen molar-refractivity contribution in [1.29, 1.82) is 0 Å². The van der Waals surface area contributed by atoms with E-state index in [9.17, 15) is 0 Å². The molecule has 0 fully saturated rings. The van der Waals surface area contributed by atoms with Crippen molar-refractivity contribution < 1.29 is 0 Å². The van der Waals surface area contributed by atoms with E-state index in [0.717, 1.165) is 19.6 Å². The van der Waals surface area contributed by atoms with Crippen molar-refractivity contribution in [2.24, 2.45) is 0 Å². The van der Waals surface area contributed by atoms with Gasteiger partial charge in [0.15, 0.2) is 0 Å². The molecule has 0 spiro atoms. The maximum absolute atomic E-state index is 4.23. The van der Waals surface area contributed by atoms with E-state index in [1.807, 2.05) is 0 Å². The van der Waals surface area contributed by atoms with Gasteiger partial charge in [0.1, 0.15) is 0 Å². The number of hydrogen-bond donors (Lipinski definition) is 1. The normalized spacial score (nSPS) is 17.3. The van der Waals surface area contributed by atoms with Crippen molar-refractivity contribution in [1.82, 2.24) is 15.1 Å². The second-order valence-electron chi connectivity index (χ2n) is 3.08. The number of hydrogen-bond acceptors (Lipinski definition) is 2. The van der Waals surface area contributed by atoms with E-state index < -0.39 is 0 Å². The molecule has 0 aromatic carbocycles. The van der Waals surface area contributed by atoms with E-state index >= 15 is 0 Å². The second-order valence-corrected chi connectivity index (χ2v) is 3.08. The minimum absolute atomic E-state index is 1.02. The summed E-state index contributed by atoms with van der Waals surface area (Å²) in [5, 5.41) is 7.23. The molecule has 2 heterocycles. The highest BCUT2D eigenvalue weighted by molar-refractivity contribution is 5.27. The highest BCUT2D eigenvalue weighted by atomic mass is 15.2. The van der Waals surface area contributed by atoms with Crippen molar-refractivity contribution in [2.75, 3.05) is 6.54 Å². The van der Waals surface area contributed by atoms with E-state index in [-0.39, 0.29) is 0 Å². The molecule has 0 atom stereocenters. The lowest BCUT2D eigenvalue weighted by atomic mass is 10.2. The van der Waals surface area contributed by atoms with Crippen LogP contribution in [0.25, 0.3) is 0 Å². The lowest BCUT2D eigenvalue weighted by Crippen LogP contribution is -2.15. The molecule has 0 saturated heterocycles. The molecule has 3 heteroatoms. The average Bonchev–Trinajstić information content (AvgIpc) is 2.53. The van der Waals surface area contributed by atoms with Gasteiger partial charge >= 0.3 is 0 Å². The fourth-order valence-electron chi connectivity index (χ4n) is 1.56. The van der Waals surface area contributed by atoms with Crippen LogP contribution in [-0.4, -0.2) is 21.6 Å². The van der Waals surface area contributed by atoms with Crippen LogP contribution in [0.1, 0.15) is 23.9 Å². The number of nitrogens with one attached hydrogen (secondary N) is 1. The van der Waals surface area contributed by atoms with Gasteiger partial charge in [0.25, 0.3) is 0 Å². The lowest BCUT2D eigenvalue weighted by Gasteiger charge is -2.10. The van der Waals surface area contributed by atoms with Crippen molar-refractivity contribution in [2.45, 2.75) is 26.9 Å². The highest BCUT2D eigenvalue weighted by Gasteiger charge is 2.21. The zero-order chi connectivity index (χ0) is 7.84. The number of rotatable bonds is 1. The van der Waals surface area contributed by atoms with Crippen LogP contribution in [0.3, 0.4) is 0 Å². The summed E-state index contributed by atoms with van der Waals surface area (Å²) < 4.78 is 0. The SMILES string of the molecule is CCN1Cc2n[nH]c(C)c2C1. The Kier molecular flexibility index (Phi) is 1.46. The molecule has 60 valence electrons. The van der Waals surface area contributed by atoms with Crippen LogP contribution in [0.4, 0.5) is 0 Å². The summed E-state index contributed by atoms with van der Waals surface area (Å²) in [6, 6.07) is 0. The minimum Gasteiger partial charge on any atom is -0.293 e. The molecule has 1 aliphatic heterocycles. The molecule has 11 heavy (non-hydrogen) atoms. The molecule has 0 unspecified atom stereocenters. The third-order valence-electron chi connectivity index (χ3n) is 2.36. The number of H-pyrrole nitrogens is 1. The van der Waals surface area contributed by atoms with Gasteiger partial charge in [0, 0.05) is 24.3 Å². The van der Waals surface area contributed by atoms with Crippen molar-refractivity contribution in [3.05, 3.63) is 17.0 Å². The molecule has 0 amide bonds. The van der Waals surface area contributed by atoms with E-state index in [4.69, 9.17) is 0 Å². The highest BCUT2D eigenvalue weighted by Crippen LogP contribution is 2.22. The van der Waals surface area contributed by atoms with Gasteiger partial charge in [-0.05, 0) is 13.5 Å². The van der Waals surface area contributed by atoms with Gasteiger partial charge in [0.2, 0.25) is 0 Å². The first-order chi connectivity index (χ1) is 5.31. The van der Waals surface area contributed by atoms with Crippen LogP contribution in [0.5, 0.6) is 0 Å². The molecule has 1 aromatic heterocycles. The third-order valence-corrected chi connectivity index (χ3v) is 2.36. The van der Waals surface area contributed by atoms with E-state index in [2.05, 4.69) is 28.9 Å². The van der Waals surface area contributed by atoms with Crippen LogP contribution in [0.2, 0.25) is 0 Å². The zero-order valence-electron chi connectivity index (χ0n) is 7.02. The molecule has 0 radical (unpaired) electrons. The lowest BCUT2D eigenvalue weighted by molar-refractivity contribution is 0.296. The molecule has 0 bridgehead atoms. The van der Waals surface area contributed by atoms with Crippen molar-refractivity contribution in [3.63, 3.8) is 0 Å². The van der Waals surface area contributed by atoms with Crippen LogP contribution in [0.15, 0.2) is 0 Å². The Bertz CT molecular complexity index is 264. The fourth-order valence-corrected chi connectivity index (χ4v) is 1.56. The summed E-state index contributed by atoms with van der Waals surface area (Å²) >= 11 is 0. The first-order valence-corrected chi connectivity index (χ1v) is 4.06. The smallest absolute Gasteiger partial charge is 0.0810 e. The second kappa shape index (κ2) is 2.34. The number of aromatic amines is 1. The molecular formula is C8H13N3. The maximum atomic E-state index is 4.23. The molecule has 1 N–H and O–H groups in total. The van der Waals surface area contributed by atoms with Gasteiger partial charge in [-0.3, -0.25) is 10.00 Å². The Balaban J connectivity index is 2.27. The maximum Gasteiger partial charge on any atom is 0.0810 e. The third kappa shape index (κ3) is 0.959. The Morgan fingerprint density at radius 3 is 3.00 bits per heavy atom. The Labute approximate surface area is 66.4 Å². The predicted molar refractivity (Wildman–Crippen MR) is 43.1 cm³/mol. The molecule has 3 nitrogen and oxygen atoms in total. The summed E-state index contributed by atoms with van der Waals surface area (Å²) in [6.07, 6.45) is 0. The standard InChI is InChI=1S/C8H13N3/c1-3-11-4-7-6(2)9-10-8(7)5-11/h3-5H2,1-2H3,(H,9,10). The molecular weight excluding hydrogens is 138 g/mol. The van der Waals surface area contributed by atoms with E-state index in [1.54, 1.807) is 0 Å². The monoisotopic (exact) mass is 151 g/mol. The van der Waals surface area contributed by atoms with Gasteiger partial charge in [-0.2, -0.15) is 5.10 Å². The summed E-state index contributed by atoms with van der Waals surface area (Å²) in [7, 11) is 0. The molecule has 1 aliphatic rings. The van der Waals surface area contributed by atoms with Crippen molar-refractivity contribution >= 4 is 0 Å². The fraction of sp³-hybridized carbons (Fsp3) is 0.625. The Hall–Kier alpha value is -0.830. The van der Waals surface area contributed by atoms with Gasteiger partial charge in [-0.25, -0.2) is 0 Å². The Morgan fingerprint density at radius 1 is 1.55 bits per heavy atom. The van der Waals surface area contributed by atoms with E-state index in [1.165, 1.54) is 17.0 Å².